The number of carbonyl (C=O) groups excluding carboxylic acids is 2. The molecule has 4 rings (SSSR count). The predicted molar refractivity (Wildman–Crippen MR) is 117 cm³/mol. The molecule has 2 aliphatic rings. The number of aryl methyl sites for hydroxylation is 1. The van der Waals surface area contributed by atoms with Gasteiger partial charge in [-0.3, -0.25) is 9.59 Å². The molecule has 1 aromatic carbocycles. The first kappa shape index (κ1) is 21.9. The molecule has 2 aliphatic heterocycles. The Bertz CT molecular complexity index is 1100. The molecule has 1 fully saturated rings. The number of piperidine rings is 1. The van der Waals surface area contributed by atoms with Gasteiger partial charge in [0.2, 0.25) is 21.8 Å². The van der Waals surface area contributed by atoms with Crippen LogP contribution in [0.1, 0.15) is 31.3 Å². The van der Waals surface area contributed by atoms with Gasteiger partial charge in [-0.2, -0.15) is 4.31 Å². The number of anilines is 1. The lowest BCUT2D eigenvalue weighted by atomic mass is 9.97. The molecule has 0 aliphatic carbocycles. The summed E-state index contributed by atoms with van der Waals surface area (Å²) in [5, 5.41) is 5.43. The molecule has 166 valence electrons. The van der Waals surface area contributed by atoms with E-state index in [1.165, 1.54) is 22.1 Å². The SMILES string of the molecule is Cc1ccc(CNC(=O)C2CCN(S(=O)(=O)c3ccc4c(c3)NC(=O)C(C)S4)CC2)o1. The van der Waals surface area contributed by atoms with E-state index in [1.54, 1.807) is 12.1 Å². The first-order valence-corrected chi connectivity index (χ1v) is 12.5. The normalized spacial score (nSPS) is 20.2. The zero-order valence-electron chi connectivity index (χ0n) is 17.4. The van der Waals surface area contributed by atoms with Crippen LogP contribution in [-0.4, -0.2) is 42.9 Å². The number of fused-ring (bicyclic) bond motifs is 1. The fourth-order valence-electron chi connectivity index (χ4n) is 3.75. The Morgan fingerprint density at radius 3 is 2.68 bits per heavy atom. The maximum atomic E-state index is 13.1. The highest BCUT2D eigenvalue weighted by Gasteiger charge is 2.33. The van der Waals surface area contributed by atoms with Gasteiger partial charge in [0, 0.05) is 23.9 Å². The second-order valence-electron chi connectivity index (χ2n) is 7.82. The first-order valence-electron chi connectivity index (χ1n) is 10.2. The molecular weight excluding hydrogens is 438 g/mol. The van der Waals surface area contributed by atoms with Crippen LogP contribution in [0.4, 0.5) is 5.69 Å². The molecule has 1 saturated heterocycles. The maximum absolute atomic E-state index is 13.1. The summed E-state index contributed by atoms with van der Waals surface area (Å²) in [6.45, 7) is 4.52. The van der Waals surface area contributed by atoms with Crippen molar-refractivity contribution in [1.82, 2.24) is 9.62 Å². The van der Waals surface area contributed by atoms with Gasteiger partial charge >= 0.3 is 0 Å². The fraction of sp³-hybridized carbons (Fsp3) is 0.429. The summed E-state index contributed by atoms with van der Waals surface area (Å²) in [5.74, 6) is 1.02. The number of furan rings is 1. The van der Waals surface area contributed by atoms with Gasteiger partial charge in [0.25, 0.3) is 0 Å². The summed E-state index contributed by atoms with van der Waals surface area (Å²) in [6.07, 6.45) is 0.911. The van der Waals surface area contributed by atoms with Crippen molar-refractivity contribution in [3.8, 4) is 0 Å². The van der Waals surface area contributed by atoms with Crippen molar-refractivity contribution in [2.24, 2.45) is 5.92 Å². The highest BCUT2D eigenvalue weighted by Crippen LogP contribution is 2.37. The first-order chi connectivity index (χ1) is 14.7. The molecule has 0 spiro atoms. The molecule has 0 bridgehead atoms. The molecule has 2 N–H and O–H groups in total. The van der Waals surface area contributed by atoms with Gasteiger partial charge in [-0.15, -0.1) is 11.8 Å². The van der Waals surface area contributed by atoms with Crippen LogP contribution in [0, 0.1) is 12.8 Å². The van der Waals surface area contributed by atoms with Crippen LogP contribution in [0.15, 0.2) is 44.5 Å². The molecule has 2 amide bonds. The number of nitrogens with zero attached hydrogens (tertiary/aromatic N) is 1. The van der Waals surface area contributed by atoms with E-state index >= 15 is 0 Å². The Hall–Kier alpha value is -2.30. The predicted octanol–water partition coefficient (Wildman–Crippen LogP) is 2.74. The lowest BCUT2D eigenvalue weighted by Crippen LogP contribution is -2.42. The molecule has 0 saturated carbocycles. The number of hydrogen-bond donors (Lipinski definition) is 2. The van der Waals surface area contributed by atoms with Crippen LogP contribution in [0.3, 0.4) is 0 Å². The van der Waals surface area contributed by atoms with Gasteiger partial charge in [0.05, 0.1) is 22.4 Å². The molecule has 10 heteroatoms. The average molecular weight is 464 g/mol. The minimum absolute atomic E-state index is 0.0891. The van der Waals surface area contributed by atoms with Gasteiger partial charge < -0.3 is 15.1 Å². The molecule has 3 heterocycles. The monoisotopic (exact) mass is 463 g/mol. The standard InChI is InChI=1S/C21H25N3O5S2/c1-13-3-4-16(29-13)12-22-21(26)15-7-9-24(10-8-15)31(27,28)17-5-6-19-18(11-17)23-20(25)14(2)30-19/h3-6,11,14-15H,7-10,12H2,1-2H3,(H,22,26)(H,23,25). The van der Waals surface area contributed by atoms with Crippen LogP contribution in [0.5, 0.6) is 0 Å². The van der Waals surface area contributed by atoms with Crippen LogP contribution >= 0.6 is 11.8 Å². The van der Waals surface area contributed by atoms with Crippen molar-refractivity contribution in [2.45, 2.75) is 48.3 Å². The summed E-state index contributed by atoms with van der Waals surface area (Å²) in [4.78, 5) is 25.4. The third kappa shape index (κ3) is 4.65. The van der Waals surface area contributed by atoms with Crippen molar-refractivity contribution >= 4 is 39.3 Å². The van der Waals surface area contributed by atoms with Crippen LogP contribution in [0.25, 0.3) is 0 Å². The van der Waals surface area contributed by atoms with Crippen molar-refractivity contribution < 1.29 is 22.4 Å². The second-order valence-corrected chi connectivity index (χ2v) is 11.1. The van der Waals surface area contributed by atoms with Crippen LogP contribution in [0.2, 0.25) is 0 Å². The van der Waals surface area contributed by atoms with Gasteiger partial charge in [0.15, 0.2) is 0 Å². The number of carbonyl (C=O) groups is 2. The van der Waals surface area contributed by atoms with E-state index in [-0.39, 0.29) is 41.0 Å². The van der Waals surface area contributed by atoms with E-state index in [9.17, 15) is 18.0 Å². The number of thioether (sulfide) groups is 1. The second kappa shape index (κ2) is 8.68. The van der Waals surface area contributed by atoms with Gasteiger partial charge in [0.1, 0.15) is 11.5 Å². The zero-order chi connectivity index (χ0) is 22.2. The number of rotatable bonds is 5. The van der Waals surface area contributed by atoms with Crippen LogP contribution < -0.4 is 10.6 Å². The van der Waals surface area contributed by atoms with Crippen molar-refractivity contribution in [3.05, 3.63) is 41.9 Å². The lowest BCUT2D eigenvalue weighted by Gasteiger charge is -2.31. The summed E-state index contributed by atoms with van der Waals surface area (Å²) < 4.78 is 33.1. The molecular formula is C21H25N3O5S2. The highest BCUT2D eigenvalue weighted by atomic mass is 32.2. The summed E-state index contributed by atoms with van der Waals surface area (Å²) in [6, 6.07) is 8.50. The van der Waals surface area contributed by atoms with E-state index in [1.807, 2.05) is 26.0 Å². The Kier molecular flexibility index (Phi) is 6.14. The van der Waals surface area contributed by atoms with Crippen molar-refractivity contribution in [1.29, 1.82) is 0 Å². The largest absolute Gasteiger partial charge is 0.465 e. The number of hydrogen-bond acceptors (Lipinski definition) is 6. The Labute approximate surface area is 185 Å². The number of amides is 2. The molecule has 8 nitrogen and oxygen atoms in total. The Morgan fingerprint density at radius 2 is 2.00 bits per heavy atom. The Balaban J connectivity index is 1.37. The number of nitrogens with one attached hydrogen (secondary N) is 2. The summed E-state index contributed by atoms with van der Waals surface area (Å²) >= 11 is 1.41. The van der Waals surface area contributed by atoms with Crippen molar-refractivity contribution in [3.63, 3.8) is 0 Å². The molecule has 1 atom stereocenters. The Morgan fingerprint density at radius 1 is 1.26 bits per heavy atom. The third-order valence-electron chi connectivity index (χ3n) is 5.58. The van der Waals surface area contributed by atoms with E-state index in [2.05, 4.69) is 10.6 Å². The average Bonchev–Trinajstić information content (AvgIpc) is 3.17. The molecule has 0 radical (unpaired) electrons. The number of sulfonamides is 1. The van der Waals surface area contributed by atoms with Gasteiger partial charge in [-0.05, 0) is 57.0 Å². The van der Waals surface area contributed by atoms with Crippen molar-refractivity contribution in [2.75, 3.05) is 18.4 Å². The molecule has 1 aromatic heterocycles. The van der Waals surface area contributed by atoms with Gasteiger partial charge in [-0.1, -0.05) is 0 Å². The van der Waals surface area contributed by atoms with Crippen LogP contribution in [-0.2, 0) is 26.2 Å². The summed E-state index contributed by atoms with van der Waals surface area (Å²) in [5.41, 5.74) is 0.525. The van der Waals surface area contributed by atoms with E-state index < -0.39 is 10.0 Å². The number of benzene rings is 1. The topological polar surface area (TPSA) is 109 Å². The van der Waals surface area contributed by atoms with E-state index in [0.717, 1.165) is 10.7 Å². The minimum Gasteiger partial charge on any atom is -0.465 e. The molecule has 1 unspecified atom stereocenters. The van der Waals surface area contributed by atoms with Gasteiger partial charge in [-0.25, -0.2) is 8.42 Å². The van der Waals surface area contributed by atoms with E-state index in [0.29, 0.717) is 30.8 Å². The highest BCUT2D eigenvalue weighted by molar-refractivity contribution is 8.01. The third-order valence-corrected chi connectivity index (χ3v) is 8.65. The zero-order valence-corrected chi connectivity index (χ0v) is 19.0. The smallest absolute Gasteiger partial charge is 0.243 e. The minimum atomic E-state index is -3.70. The fourth-order valence-corrected chi connectivity index (χ4v) is 6.18. The van der Waals surface area contributed by atoms with E-state index in [4.69, 9.17) is 4.42 Å². The molecule has 31 heavy (non-hydrogen) atoms. The summed E-state index contributed by atoms with van der Waals surface area (Å²) in [7, 11) is -3.70. The lowest BCUT2D eigenvalue weighted by molar-refractivity contribution is -0.126. The maximum Gasteiger partial charge on any atom is 0.243 e. The quantitative estimate of drug-likeness (QED) is 0.706. The molecule has 2 aromatic rings.